The van der Waals surface area contributed by atoms with Crippen LogP contribution in [-0.4, -0.2) is 48.9 Å². The van der Waals surface area contributed by atoms with E-state index in [9.17, 15) is 9.59 Å². The monoisotopic (exact) mass is 253 g/mol. The Bertz CT molecular complexity index is 311. The minimum Gasteiger partial charge on any atom is -0.353 e. The summed E-state index contributed by atoms with van der Waals surface area (Å²) >= 11 is 0. The second-order valence-corrected chi connectivity index (χ2v) is 5.36. The van der Waals surface area contributed by atoms with Crippen LogP contribution < -0.4 is 10.6 Å². The van der Waals surface area contributed by atoms with Crippen molar-refractivity contribution in [1.29, 1.82) is 0 Å². The summed E-state index contributed by atoms with van der Waals surface area (Å²) in [5.41, 5.74) is 0. The molecule has 2 saturated carbocycles. The van der Waals surface area contributed by atoms with E-state index in [1.54, 1.807) is 0 Å². The third kappa shape index (κ3) is 4.64. The fourth-order valence-corrected chi connectivity index (χ4v) is 1.89. The highest BCUT2D eigenvalue weighted by Crippen LogP contribution is 2.25. The molecule has 0 aromatic rings. The SMILES string of the molecule is CN(C(=O)CNCCCC(=O)NC1CC1)C1CC1. The molecule has 2 aliphatic carbocycles. The van der Waals surface area contributed by atoms with Gasteiger partial charge in [-0.3, -0.25) is 9.59 Å². The summed E-state index contributed by atoms with van der Waals surface area (Å²) in [5.74, 6) is 0.292. The molecule has 5 heteroatoms. The van der Waals surface area contributed by atoms with E-state index in [1.807, 2.05) is 11.9 Å². The fourth-order valence-electron chi connectivity index (χ4n) is 1.89. The number of rotatable bonds is 8. The van der Waals surface area contributed by atoms with Gasteiger partial charge in [-0.2, -0.15) is 0 Å². The van der Waals surface area contributed by atoms with Crippen molar-refractivity contribution < 1.29 is 9.59 Å². The normalized spacial score (nSPS) is 18.5. The fraction of sp³-hybridized carbons (Fsp3) is 0.846. The van der Waals surface area contributed by atoms with Crippen LogP contribution in [0.3, 0.4) is 0 Å². The highest BCUT2D eigenvalue weighted by atomic mass is 16.2. The van der Waals surface area contributed by atoms with Crippen LogP contribution >= 0.6 is 0 Å². The van der Waals surface area contributed by atoms with Crippen molar-refractivity contribution in [2.24, 2.45) is 0 Å². The molecule has 2 amide bonds. The van der Waals surface area contributed by atoms with Crippen molar-refractivity contribution in [1.82, 2.24) is 15.5 Å². The largest absolute Gasteiger partial charge is 0.353 e. The molecule has 0 aromatic heterocycles. The standard InChI is InChI=1S/C13H23N3O2/c1-16(11-6-7-11)13(18)9-14-8-2-3-12(17)15-10-4-5-10/h10-11,14H,2-9H2,1H3,(H,15,17). The Morgan fingerprint density at radius 1 is 1.22 bits per heavy atom. The van der Waals surface area contributed by atoms with Crippen LogP contribution in [0.1, 0.15) is 38.5 Å². The van der Waals surface area contributed by atoms with E-state index in [2.05, 4.69) is 10.6 Å². The van der Waals surface area contributed by atoms with Gasteiger partial charge in [-0.15, -0.1) is 0 Å². The van der Waals surface area contributed by atoms with Crippen molar-refractivity contribution >= 4 is 11.8 Å². The van der Waals surface area contributed by atoms with Gasteiger partial charge < -0.3 is 15.5 Å². The maximum Gasteiger partial charge on any atom is 0.236 e. The molecule has 2 rings (SSSR count). The quantitative estimate of drug-likeness (QED) is 0.610. The molecule has 0 aliphatic heterocycles. The molecule has 0 heterocycles. The van der Waals surface area contributed by atoms with Gasteiger partial charge in [0.05, 0.1) is 6.54 Å². The van der Waals surface area contributed by atoms with Crippen molar-refractivity contribution in [3.05, 3.63) is 0 Å². The van der Waals surface area contributed by atoms with E-state index in [4.69, 9.17) is 0 Å². The summed E-state index contributed by atoms with van der Waals surface area (Å²) in [6.07, 6.45) is 5.89. The number of nitrogens with one attached hydrogen (secondary N) is 2. The van der Waals surface area contributed by atoms with Gasteiger partial charge in [0.25, 0.3) is 0 Å². The molecule has 0 aromatic carbocycles. The molecule has 2 fully saturated rings. The lowest BCUT2D eigenvalue weighted by atomic mass is 10.3. The molecule has 0 unspecified atom stereocenters. The predicted molar refractivity (Wildman–Crippen MR) is 69.1 cm³/mol. The Kier molecular flexibility index (Phi) is 4.58. The van der Waals surface area contributed by atoms with Gasteiger partial charge in [-0.05, 0) is 38.6 Å². The Morgan fingerprint density at radius 3 is 2.56 bits per heavy atom. The van der Waals surface area contributed by atoms with E-state index in [0.29, 0.717) is 25.0 Å². The van der Waals surface area contributed by atoms with Crippen LogP contribution in [-0.2, 0) is 9.59 Å². The third-order valence-electron chi connectivity index (χ3n) is 3.46. The third-order valence-corrected chi connectivity index (χ3v) is 3.46. The molecule has 18 heavy (non-hydrogen) atoms. The van der Waals surface area contributed by atoms with Gasteiger partial charge in [0.2, 0.25) is 11.8 Å². The molecule has 0 saturated heterocycles. The first-order valence-corrected chi connectivity index (χ1v) is 6.92. The topological polar surface area (TPSA) is 61.4 Å². The summed E-state index contributed by atoms with van der Waals surface area (Å²) in [6.45, 7) is 1.11. The number of hydrogen-bond acceptors (Lipinski definition) is 3. The van der Waals surface area contributed by atoms with Crippen LogP contribution in [0.2, 0.25) is 0 Å². The molecular formula is C13H23N3O2. The molecule has 0 radical (unpaired) electrons. The smallest absolute Gasteiger partial charge is 0.236 e. The molecule has 0 spiro atoms. The second kappa shape index (κ2) is 6.18. The van der Waals surface area contributed by atoms with E-state index >= 15 is 0 Å². The first-order valence-electron chi connectivity index (χ1n) is 6.92. The molecular weight excluding hydrogens is 230 g/mol. The number of amides is 2. The van der Waals surface area contributed by atoms with Crippen molar-refractivity contribution in [3.63, 3.8) is 0 Å². The molecule has 102 valence electrons. The molecule has 2 N–H and O–H groups in total. The molecule has 0 atom stereocenters. The van der Waals surface area contributed by atoms with E-state index < -0.39 is 0 Å². The van der Waals surface area contributed by atoms with E-state index in [0.717, 1.165) is 38.6 Å². The Labute approximate surface area is 108 Å². The number of hydrogen-bond donors (Lipinski definition) is 2. The lowest BCUT2D eigenvalue weighted by Gasteiger charge is -2.16. The van der Waals surface area contributed by atoms with Crippen molar-refractivity contribution in [3.8, 4) is 0 Å². The van der Waals surface area contributed by atoms with Gasteiger partial charge in [-0.25, -0.2) is 0 Å². The van der Waals surface area contributed by atoms with Gasteiger partial charge in [0, 0.05) is 25.6 Å². The summed E-state index contributed by atoms with van der Waals surface area (Å²) in [7, 11) is 1.87. The van der Waals surface area contributed by atoms with Crippen LogP contribution in [0, 0.1) is 0 Å². The summed E-state index contributed by atoms with van der Waals surface area (Å²) in [6, 6.07) is 0.919. The highest BCUT2D eigenvalue weighted by Gasteiger charge is 2.29. The first-order chi connectivity index (χ1) is 8.66. The predicted octanol–water partition coefficient (Wildman–Crippen LogP) is 0.256. The van der Waals surface area contributed by atoms with E-state index in [-0.39, 0.29) is 11.8 Å². The van der Waals surface area contributed by atoms with Gasteiger partial charge >= 0.3 is 0 Å². The first kappa shape index (κ1) is 13.3. The zero-order valence-corrected chi connectivity index (χ0v) is 11.1. The lowest BCUT2D eigenvalue weighted by molar-refractivity contribution is -0.129. The minimum atomic E-state index is 0.140. The van der Waals surface area contributed by atoms with Gasteiger partial charge in [-0.1, -0.05) is 0 Å². The average Bonchev–Trinajstić information content (AvgIpc) is 3.19. The number of carbonyl (C=O) groups is 2. The number of carbonyl (C=O) groups excluding carboxylic acids is 2. The Balaban J connectivity index is 1.44. The average molecular weight is 253 g/mol. The molecule has 0 bridgehead atoms. The zero-order chi connectivity index (χ0) is 13.0. The summed E-state index contributed by atoms with van der Waals surface area (Å²) in [4.78, 5) is 24.9. The van der Waals surface area contributed by atoms with Crippen LogP contribution in [0.25, 0.3) is 0 Å². The van der Waals surface area contributed by atoms with Gasteiger partial charge in [0.15, 0.2) is 0 Å². The van der Waals surface area contributed by atoms with Crippen LogP contribution in [0.5, 0.6) is 0 Å². The molecule has 2 aliphatic rings. The maximum absolute atomic E-state index is 11.7. The van der Waals surface area contributed by atoms with Crippen LogP contribution in [0.4, 0.5) is 0 Å². The second-order valence-electron chi connectivity index (χ2n) is 5.36. The minimum absolute atomic E-state index is 0.140. The lowest BCUT2D eigenvalue weighted by Crippen LogP contribution is -2.37. The maximum atomic E-state index is 11.7. The Hall–Kier alpha value is -1.10. The number of likely N-dealkylation sites (N-methyl/N-ethyl adjacent to an activating group) is 1. The summed E-state index contributed by atoms with van der Waals surface area (Å²) in [5, 5.41) is 6.05. The number of nitrogens with zero attached hydrogens (tertiary/aromatic N) is 1. The van der Waals surface area contributed by atoms with Gasteiger partial charge in [0.1, 0.15) is 0 Å². The van der Waals surface area contributed by atoms with Crippen molar-refractivity contribution in [2.75, 3.05) is 20.1 Å². The molecule has 5 nitrogen and oxygen atoms in total. The van der Waals surface area contributed by atoms with Crippen molar-refractivity contribution in [2.45, 2.75) is 50.6 Å². The zero-order valence-electron chi connectivity index (χ0n) is 11.1. The highest BCUT2D eigenvalue weighted by molar-refractivity contribution is 5.78. The van der Waals surface area contributed by atoms with E-state index in [1.165, 1.54) is 0 Å². The van der Waals surface area contributed by atoms with Crippen LogP contribution in [0.15, 0.2) is 0 Å². The Morgan fingerprint density at radius 2 is 1.94 bits per heavy atom. The summed E-state index contributed by atoms with van der Waals surface area (Å²) < 4.78 is 0.